The first-order chi connectivity index (χ1) is 8.47. The molecule has 94 valence electrons. The highest BCUT2D eigenvalue weighted by molar-refractivity contribution is 9.10. The molecule has 0 aromatic heterocycles. The van der Waals surface area contributed by atoms with Crippen molar-refractivity contribution >= 4 is 15.9 Å². The quantitative estimate of drug-likeness (QED) is 0.889. The lowest BCUT2D eigenvalue weighted by molar-refractivity contribution is 0.218. The summed E-state index contributed by atoms with van der Waals surface area (Å²) in [6, 6.07) is 6.48. The summed E-state index contributed by atoms with van der Waals surface area (Å²) in [6.45, 7) is 0. The second kappa shape index (κ2) is 5.12. The predicted molar refractivity (Wildman–Crippen MR) is 64.5 cm³/mol. The fraction of sp³-hybridized carbons (Fsp3) is 0.0769. The van der Waals surface area contributed by atoms with Crippen molar-refractivity contribution in [2.24, 2.45) is 0 Å². The number of aliphatic hydroxyl groups is 1. The van der Waals surface area contributed by atoms with Gasteiger partial charge in [-0.1, -0.05) is 22.0 Å². The second-order valence-corrected chi connectivity index (χ2v) is 4.63. The maximum absolute atomic E-state index is 13.0. The van der Waals surface area contributed by atoms with Gasteiger partial charge in [-0.2, -0.15) is 0 Å². The highest BCUT2D eigenvalue weighted by Gasteiger charge is 2.16. The van der Waals surface area contributed by atoms with Crippen LogP contribution < -0.4 is 0 Å². The van der Waals surface area contributed by atoms with Crippen molar-refractivity contribution in [3.8, 4) is 0 Å². The first kappa shape index (κ1) is 13.1. The van der Waals surface area contributed by atoms with Crippen LogP contribution in [0.25, 0.3) is 0 Å². The number of hydrogen-bond acceptors (Lipinski definition) is 1. The largest absolute Gasteiger partial charge is 0.384 e. The summed E-state index contributed by atoms with van der Waals surface area (Å²) in [7, 11) is 0. The van der Waals surface area contributed by atoms with Crippen LogP contribution in [-0.4, -0.2) is 5.11 Å². The highest BCUT2D eigenvalue weighted by Crippen LogP contribution is 2.29. The molecule has 0 saturated heterocycles. The molecule has 1 nitrogen and oxygen atoms in total. The van der Waals surface area contributed by atoms with Crippen LogP contribution in [0.3, 0.4) is 0 Å². The van der Waals surface area contributed by atoms with Gasteiger partial charge in [-0.05, 0) is 35.4 Å². The molecule has 0 fully saturated rings. The van der Waals surface area contributed by atoms with E-state index in [1.165, 1.54) is 18.2 Å². The van der Waals surface area contributed by atoms with Gasteiger partial charge >= 0.3 is 0 Å². The van der Waals surface area contributed by atoms with Gasteiger partial charge in [-0.25, -0.2) is 13.2 Å². The van der Waals surface area contributed by atoms with Crippen LogP contribution in [0.2, 0.25) is 0 Å². The minimum absolute atomic E-state index is 0.0693. The Morgan fingerprint density at radius 2 is 1.50 bits per heavy atom. The molecule has 5 heteroatoms. The number of rotatable bonds is 2. The minimum Gasteiger partial charge on any atom is -0.384 e. The summed E-state index contributed by atoms with van der Waals surface area (Å²) >= 11 is 3.09. The molecule has 0 spiro atoms. The number of hydrogen-bond donors (Lipinski definition) is 1. The Morgan fingerprint density at radius 3 is 2.06 bits per heavy atom. The van der Waals surface area contributed by atoms with Crippen LogP contribution in [0.15, 0.2) is 40.9 Å². The fourth-order valence-corrected chi connectivity index (χ4v) is 2.20. The zero-order valence-corrected chi connectivity index (χ0v) is 10.6. The molecule has 18 heavy (non-hydrogen) atoms. The Bertz CT molecular complexity index is 566. The third-order valence-corrected chi connectivity index (χ3v) is 3.14. The molecule has 0 heterocycles. The molecule has 0 saturated carbocycles. The van der Waals surface area contributed by atoms with Crippen molar-refractivity contribution in [1.82, 2.24) is 0 Å². The molecule has 2 aromatic carbocycles. The minimum atomic E-state index is -1.23. The van der Waals surface area contributed by atoms with E-state index in [9.17, 15) is 18.3 Å². The van der Waals surface area contributed by atoms with Gasteiger partial charge in [0.25, 0.3) is 0 Å². The zero-order chi connectivity index (χ0) is 13.3. The van der Waals surface area contributed by atoms with Crippen LogP contribution in [0.1, 0.15) is 17.2 Å². The first-order valence-corrected chi connectivity index (χ1v) is 5.85. The molecule has 1 atom stereocenters. The molecule has 1 unspecified atom stereocenters. The van der Waals surface area contributed by atoms with Gasteiger partial charge in [0.1, 0.15) is 23.6 Å². The number of halogens is 4. The summed E-state index contributed by atoms with van der Waals surface area (Å²) in [5.41, 5.74) is 0.404. The maximum Gasteiger partial charge on any atom is 0.126 e. The topological polar surface area (TPSA) is 20.2 Å². The van der Waals surface area contributed by atoms with E-state index >= 15 is 0 Å². The van der Waals surface area contributed by atoms with Gasteiger partial charge in [0.15, 0.2) is 0 Å². The number of benzene rings is 2. The maximum atomic E-state index is 13.0. The normalized spacial score (nSPS) is 12.5. The van der Waals surface area contributed by atoms with Crippen molar-refractivity contribution in [3.05, 3.63) is 69.4 Å². The standard InChI is InChI=1S/C13H8BrF3O/c14-12-6-8(15)1-2-11(12)13(18)7-3-9(16)5-10(17)4-7/h1-6,13,18H. The van der Waals surface area contributed by atoms with Crippen LogP contribution >= 0.6 is 15.9 Å². The predicted octanol–water partition coefficient (Wildman–Crippen LogP) is 3.95. The van der Waals surface area contributed by atoms with E-state index in [1.54, 1.807) is 0 Å². The molecular formula is C13H8BrF3O. The molecule has 0 aliphatic carbocycles. The van der Waals surface area contributed by atoms with Crippen LogP contribution in [-0.2, 0) is 0 Å². The van der Waals surface area contributed by atoms with Gasteiger partial charge in [0.2, 0.25) is 0 Å². The van der Waals surface area contributed by atoms with E-state index in [2.05, 4.69) is 15.9 Å². The molecule has 0 radical (unpaired) electrons. The lowest BCUT2D eigenvalue weighted by atomic mass is 10.0. The Hall–Kier alpha value is -1.33. The smallest absolute Gasteiger partial charge is 0.126 e. The average molecular weight is 317 g/mol. The third-order valence-electron chi connectivity index (χ3n) is 2.46. The lowest BCUT2D eigenvalue weighted by Crippen LogP contribution is -2.02. The van der Waals surface area contributed by atoms with E-state index in [-0.39, 0.29) is 5.56 Å². The van der Waals surface area contributed by atoms with Crippen molar-refractivity contribution in [3.63, 3.8) is 0 Å². The van der Waals surface area contributed by atoms with E-state index in [0.717, 1.165) is 18.2 Å². The molecule has 0 amide bonds. The van der Waals surface area contributed by atoms with Crippen molar-refractivity contribution in [2.45, 2.75) is 6.10 Å². The van der Waals surface area contributed by atoms with Gasteiger partial charge in [-0.15, -0.1) is 0 Å². The van der Waals surface area contributed by atoms with Crippen LogP contribution in [0.4, 0.5) is 13.2 Å². The lowest BCUT2D eigenvalue weighted by Gasteiger charge is -2.13. The Balaban J connectivity index is 2.44. The van der Waals surface area contributed by atoms with E-state index in [1.807, 2.05) is 0 Å². The van der Waals surface area contributed by atoms with E-state index in [4.69, 9.17) is 0 Å². The Morgan fingerprint density at radius 1 is 0.889 bits per heavy atom. The molecule has 2 rings (SSSR count). The Kier molecular flexibility index (Phi) is 3.73. The van der Waals surface area contributed by atoms with E-state index in [0.29, 0.717) is 10.0 Å². The molecule has 0 bridgehead atoms. The zero-order valence-electron chi connectivity index (χ0n) is 9.00. The molecule has 0 aliphatic heterocycles. The van der Waals surface area contributed by atoms with Gasteiger partial charge in [-0.3, -0.25) is 0 Å². The molecule has 1 N–H and O–H groups in total. The molecule has 0 aliphatic rings. The highest BCUT2D eigenvalue weighted by atomic mass is 79.9. The Labute approximate surface area is 110 Å². The van der Waals surface area contributed by atoms with Crippen LogP contribution in [0.5, 0.6) is 0 Å². The monoisotopic (exact) mass is 316 g/mol. The van der Waals surface area contributed by atoms with Gasteiger partial charge in [0.05, 0.1) is 0 Å². The number of aliphatic hydroxyl groups excluding tert-OH is 1. The van der Waals surface area contributed by atoms with Crippen molar-refractivity contribution in [1.29, 1.82) is 0 Å². The fourth-order valence-electron chi connectivity index (χ4n) is 1.64. The SMILES string of the molecule is OC(c1cc(F)cc(F)c1)c1ccc(F)cc1Br. The third kappa shape index (κ3) is 2.73. The average Bonchev–Trinajstić information content (AvgIpc) is 2.26. The summed E-state index contributed by atoms with van der Waals surface area (Å²) in [6.07, 6.45) is -1.23. The summed E-state index contributed by atoms with van der Waals surface area (Å²) < 4.78 is 39.3. The second-order valence-electron chi connectivity index (χ2n) is 3.77. The van der Waals surface area contributed by atoms with Crippen molar-refractivity contribution in [2.75, 3.05) is 0 Å². The molecular weight excluding hydrogens is 309 g/mol. The summed E-state index contributed by atoms with van der Waals surface area (Å²) in [5, 5.41) is 10.0. The van der Waals surface area contributed by atoms with Crippen molar-refractivity contribution < 1.29 is 18.3 Å². The summed E-state index contributed by atoms with van der Waals surface area (Å²) in [4.78, 5) is 0. The van der Waals surface area contributed by atoms with E-state index < -0.39 is 23.6 Å². The molecule has 2 aromatic rings. The van der Waals surface area contributed by atoms with Gasteiger partial charge in [0, 0.05) is 10.5 Å². The first-order valence-electron chi connectivity index (χ1n) is 5.06. The van der Waals surface area contributed by atoms with Gasteiger partial charge < -0.3 is 5.11 Å². The van der Waals surface area contributed by atoms with Crippen LogP contribution in [0, 0.1) is 17.5 Å². The summed E-state index contributed by atoms with van der Waals surface area (Å²) in [5.74, 6) is -2.02.